The van der Waals surface area contributed by atoms with E-state index in [1.165, 1.54) is 0 Å². The van der Waals surface area contributed by atoms with Gasteiger partial charge in [-0.2, -0.15) is 25.3 Å². The predicted octanol–water partition coefficient (Wildman–Crippen LogP) is -2.03. The second kappa shape index (κ2) is 17.1. The molecule has 11 nitrogen and oxygen atoms in total. The van der Waals surface area contributed by atoms with Crippen LogP contribution in [0.3, 0.4) is 0 Å². The summed E-state index contributed by atoms with van der Waals surface area (Å²) in [5.41, 5.74) is 16.7. The number of aliphatic carboxylic acids is 1. The quantitative estimate of drug-likeness (QED) is 0.0837. The van der Waals surface area contributed by atoms with Gasteiger partial charge < -0.3 is 38.3 Å². The number of hydrogen-bond donors (Lipinski definition) is 9. The number of carboxylic acid groups (broad SMARTS) is 1. The molecule has 0 aromatic heterocycles. The third kappa shape index (κ3) is 12.2. The third-order valence-corrected chi connectivity index (χ3v) is 5.25. The Morgan fingerprint density at radius 2 is 1.13 bits per heavy atom. The summed E-state index contributed by atoms with van der Waals surface area (Å²) >= 11 is 7.91. The van der Waals surface area contributed by atoms with Crippen LogP contribution in [-0.4, -0.2) is 77.6 Å². The van der Waals surface area contributed by atoms with Crippen LogP contribution >= 0.6 is 25.3 Å². The zero-order chi connectivity index (χ0) is 23.8. The number of hydrogen-bond acceptors (Lipinski definition) is 9. The Hall–Kier alpha value is -1.54. The molecule has 0 aliphatic carbocycles. The van der Waals surface area contributed by atoms with Gasteiger partial charge in [0, 0.05) is 11.5 Å². The van der Waals surface area contributed by atoms with Crippen molar-refractivity contribution in [2.24, 2.45) is 17.2 Å². The fourth-order valence-corrected chi connectivity index (χ4v) is 3.03. The van der Waals surface area contributed by atoms with Crippen molar-refractivity contribution in [1.29, 1.82) is 0 Å². The molecular weight excluding hydrogens is 444 g/mol. The normalized spacial score (nSPS) is 14.7. The molecule has 0 saturated heterocycles. The van der Waals surface area contributed by atoms with Crippen LogP contribution in [0.4, 0.5) is 0 Å². The van der Waals surface area contributed by atoms with Gasteiger partial charge in [-0.15, -0.1) is 0 Å². The fourth-order valence-electron chi connectivity index (χ4n) is 2.61. The Morgan fingerprint density at radius 3 is 1.48 bits per heavy atom. The number of carbonyl (C=O) groups excluding carboxylic acids is 3. The molecule has 4 atom stereocenters. The van der Waals surface area contributed by atoms with Crippen molar-refractivity contribution in [3.05, 3.63) is 0 Å². The van der Waals surface area contributed by atoms with Crippen LogP contribution in [0.2, 0.25) is 0 Å². The molecule has 0 spiro atoms. The number of carbonyl (C=O) groups is 4. The number of rotatable bonds is 17. The molecule has 180 valence electrons. The number of nitrogens with two attached hydrogens (primary N) is 3. The van der Waals surface area contributed by atoms with Gasteiger partial charge in [0.1, 0.15) is 18.1 Å². The molecule has 10 N–H and O–H groups in total. The monoisotopic (exact) mass is 480 g/mol. The maximum atomic E-state index is 12.9. The molecule has 3 amide bonds. The summed E-state index contributed by atoms with van der Waals surface area (Å²) in [5.74, 6) is -2.98. The lowest BCUT2D eigenvalue weighted by molar-refractivity contribution is -0.141. The largest absolute Gasteiger partial charge is 0.480 e. The zero-order valence-corrected chi connectivity index (χ0v) is 19.4. The molecule has 0 aliphatic heterocycles. The highest BCUT2D eigenvalue weighted by atomic mass is 32.1. The van der Waals surface area contributed by atoms with E-state index in [2.05, 4.69) is 41.2 Å². The van der Waals surface area contributed by atoms with E-state index in [0.29, 0.717) is 45.2 Å². The second-order valence-corrected chi connectivity index (χ2v) is 7.79. The summed E-state index contributed by atoms with van der Waals surface area (Å²) in [6.45, 7) is 0.846. The summed E-state index contributed by atoms with van der Waals surface area (Å²) < 4.78 is 0. The molecule has 0 bridgehead atoms. The van der Waals surface area contributed by atoms with Gasteiger partial charge >= 0.3 is 5.97 Å². The summed E-state index contributed by atoms with van der Waals surface area (Å²) in [4.78, 5) is 48.8. The lowest BCUT2D eigenvalue weighted by atomic mass is 10.0. The van der Waals surface area contributed by atoms with Crippen molar-refractivity contribution in [3.8, 4) is 0 Å². The molecule has 0 aliphatic rings. The summed E-state index contributed by atoms with van der Waals surface area (Å²) in [6, 6.07) is -4.00. The van der Waals surface area contributed by atoms with Crippen LogP contribution in [0.25, 0.3) is 0 Å². The number of amides is 3. The molecular formula is C18H36N6O5S2. The Bertz CT molecular complexity index is 584. The summed E-state index contributed by atoms with van der Waals surface area (Å²) in [5, 5.41) is 16.7. The maximum absolute atomic E-state index is 12.9. The Kier molecular flexibility index (Phi) is 16.2. The third-order valence-electron chi connectivity index (χ3n) is 4.49. The SMILES string of the molecule is NCCCCC(NC(=O)C(N)CS)C(=O)NC(CCCCN)C(=O)NC(CS)C(=O)O. The molecule has 31 heavy (non-hydrogen) atoms. The van der Waals surface area contributed by atoms with Crippen molar-refractivity contribution in [1.82, 2.24) is 16.0 Å². The molecule has 0 aromatic rings. The van der Waals surface area contributed by atoms with Crippen molar-refractivity contribution < 1.29 is 24.3 Å². The zero-order valence-electron chi connectivity index (χ0n) is 17.6. The molecule has 13 heteroatoms. The average molecular weight is 481 g/mol. The number of thiol groups is 2. The van der Waals surface area contributed by atoms with Crippen LogP contribution < -0.4 is 33.2 Å². The highest BCUT2D eigenvalue weighted by molar-refractivity contribution is 7.80. The first kappa shape index (κ1) is 29.5. The molecule has 4 unspecified atom stereocenters. The average Bonchev–Trinajstić information content (AvgIpc) is 2.74. The summed E-state index contributed by atoms with van der Waals surface area (Å²) in [7, 11) is 0. The smallest absolute Gasteiger partial charge is 0.327 e. The van der Waals surface area contributed by atoms with E-state index < -0.39 is 47.9 Å². The first-order valence-electron chi connectivity index (χ1n) is 10.2. The van der Waals surface area contributed by atoms with Gasteiger partial charge in [0.25, 0.3) is 0 Å². The molecule has 0 heterocycles. The van der Waals surface area contributed by atoms with Gasteiger partial charge in [-0.3, -0.25) is 14.4 Å². The first-order chi connectivity index (χ1) is 14.7. The molecule has 0 rings (SSSR count). The molecule has 0 saturated carbocycles. The number of unbranched alkanes of at least 4 members (excludes halogenated alkanes) is 2. The second-order valence-electron chi connectivity index (χ2n) is 7.06. The van der Waals surface area contributed by atoms with Crippen LogP contribution in [-0.2, 0) is 19.2 Å². The maximum Gasteiger partial charge on any atom is 0.327 e. The van der Waals surface area contributed by atoms with Crippen molar-refractivity contribution >= 4 is 48.9 Å². The molecule has 0 aromatic carbocycles. The standard InChI is InChI=1S/C18H36N6O5S2/c19-7-3-1-5-12(22-15(25)11(21)9-30)16(26)23-13(6-2-4-8-20)17(27)24-14(10-31)18(28)29/h11-14,30-31H,1-10,19-21H2,(H,22,25)(H,23,26)(H,24,27)(H,28,29). The minimum atomic E-state index is -1.23. The summed E-state index contributed by atoms with van der Waals surface area (Å²) in [6.07, 6.45) is 2.97. The van der Waals surface area contributed by atoms with E-state index in [0.717, 1.165) is 0 Å². The van der Waals surface area contributed by atoms with E-state index >= 15 is 0 Å². The van der Waals surface area contributed by atoms with Gasteiger partial charge in [-0.25, -0.2) is 4.79 Å². The van der Waals surface area contributed by atoms with Crippen LogP contribution in [0.1, 0.15) is 38.5 Å². The van der Waals surface area contributed by atoms with E-state index in [-0.39, 0.29) is 17.9 Å². The van der Waals surface area contributed by atoms with Crippen LogP contribution in [0.15, 0.2) is 0 Å². The molecule has 0 radical (unpaired) electrons. The molecule has 0 fully saturated rings. The topological polar surface area (TPSA) is 203 Å². The Morgan fingerprint density at radius 1 is 0.710 bits per heavy atom. The lowest BCUT2D eigenvalue weighted by Crippen LogP contribution is -2.57. The highest BCUT2D eigenvalue weighted by Crippen LogP contribution is 2.06. The number of nitrogens with one attached hydrogen (secondary N) is 3. The lowest BCUT2D eigenvalue weighted by Gasteiger charge is -2.25. The van der Waals surface area contributed by atoms with Gasteiger partial charge in [-0.1, -0.05) is 0 Å². The van der Waals surface area contributed by atoms with Gasteiger partial charge in [0.2, 0.25) is 17.7 Å². The van der Waals surface area contributed by atoms with E-state index in [1.807, 2.05) is 0 Å². The van der Waals surface area contributed by atoms with E-state index in [1.54, 1.807) is 0 Å². The van der Waals surface area contributed by atoms with Crippen molar-refractivity contribution in [2.45, 2.75) is 62.7 Å². The Balaban J connectivity index is 5.34. The van der Waals surface area contributed by atoms with Crippen LogP contribution in [0, 0.1) is 0 Å². The van der Waals surface area contributed by atoms with E-state index in [9.17, 15) is 19.2 Å². The number of carboxylic acids is 1. The van der Waals surface area contributed by atoms with Gasteiger partial charge in [-0.05, 0) is 51.6 Å². The Labute approximate surface area is 193 Å². The van der Waals surface area contributed by atoms with Crippen LogP contribution in [0.5, 0.6) is 0 Å². The van der Waals surface area contributed by atoms with Crippen molar-refractivity contribution in [2.75, 3.05) is 24.6 Å². The minimum Gasteiger partial charge on any atom is -0.480 e. The fraction of sp³-hybridized carbons (Fsp3) is 0.778. The van der Waals surface area contributed by atoms with Gasteiger partial charge in [0.15, 0.2) is 0 Å². The highest BCUT2D eigenvalue weighted by Gasteiger charge is 2.29. The van der Waals surface area contributed by atoms with Crippen molar-refractivity contribution in [3.63, 3.8) is 0 Å². The minimum absolute atomic E-state index is 0.105. The van der Waals surface area contributed by atoms with E-state index in [4.69, 9.17) is 22.3 Å². The van der Waals surface area contributed by atoms with Gasteiger partial charge in [0.05, 0.1) is 6.04 Å². The predicted molar refractivity (Wildman–Crippen MR) is 125 cm³/mol. The first-order valence-corrected chi connectivity index (χ1v) is 11.5.